The minimum atomic E-state index is -5.63. The molecule has 0 radical (unpaired) electrons. The second-order valence-electron chi connectivity index (χ2n) is 6.14. The zero-order chi connectivity index (χ0) is 22.0. The fraction of sp³-hybridized carbons (Fsp3) is 0.867. The van der Waals surface area contributed by atoms with Crippen molar-refractivity contribution in [1.29, 1.82) is 0 Å². The van der Waals surface area contributed by atoms with Crippen molar-refractivity contribution in [2.24, 2.45) is 0 Å². The lowest BCUT2D eigenvalue weighted by atomic mass is 10.1. The van der Waals surface area contributed by atoms with Crippen LogP contribution in [0.2, 0.25) is 0 Å². The average molecular weight is 474 g/mol. The number of ether oxygens (including phenoxy) is 1. The van der Waals surface area contributed by atoms with E-state index in [2.05, 4.69) is 6.92 Å². The minimum Gasteiger partial charge on any atom is -0.464 e. The molecule has 0 bridgehead atoms. The van der Waals surface area contributed by atoms with Crippen molar-refractivity contribution in [2.45, 2.75) is 68.7 Å². The van der Waals surface area contributed by atoms with Crippen LogP contribution in [0.25, 0.3) is 0 Å². The molecule has 13 heteroatoms. The molecule has 0 aliphatic rings. The molecule has 0 fully saturated rings. The summed E-state index contributed by atoms with van der Waals surface area (Å²) in [5.41, 5.74) is 0. The lowest BCUT2D eigenvalue weighted by Gasteiger charge is -2.33. The maximum Gasteiger partial charge on any atom is 0.471 e. The molecule has 166 valence electrons. The third-order valence-corrected chi connectivity index (χ3v) is 6.38. The van der Waals surface area contributed by atoms with E-state index in [4.69, 9.17) is 37.7 Å². The molecule has 0 aliphatic heterocycles. The first kappa shape index (κ1) is 27.5. The van der Waals surface area contributed by atoms with Gasteiger partial charge in [-0.1, -0.05) is 75.1 Å². The Balaban J connectivity index is 4.59. The van der Waals surface area contributed by atoms with Crippen LogP contribution >= 0.6 is 30.8 Å². The largest absolute Gasteiger partial charge is 0.471 e. The number of nitrogens with zero attached hydrogens (tertiary/aromatic N) is 1. The summed E-state index contributed by atoms with van der Waals surface area (Å²) >= 11 is 10.6. The summed E-state index contributed by atoms with van der Waals surface area (Å²) in [5.74, 6) is -4.09. The molecule has 0 aliphatic carbocycles. The maximum atomic E-state index is 12.7. The highest BCUT2D eigenvalue weighted by Crippen LogP contribution is 2.58. The van der Waals surface area contributed by atoms with Crippen LogP contribution in [0, 0.1) is 0 Å². The number of hydrogen-bond donors (Lipinski definition) is 2. The standard InChI is InChI=1S/C15H25Cl2F3NO6P/c1-2-3-4-5-6-7-8-9-10-27-12(22)11-21(13(23)14(18,19)20)15(16,17)28(24,25)26/h2-11H2,1H3,(H2,24,25,26). The summed E-state index contributed by atoms with van der Waals surface area (Å²) in [6.45, 7) is 0.527. The fourth-order valence-corrected chi connectivity index (χ4v) is 2.95. The van der Waals surface area contributed by atoms with Crippen LogP contribution in [0.1, 0.15) is 58.3 Å². The number of esters is 1. The van der Waals surface area contributed by atoms with E-state index in [9.17, 15) is 27.3 Å². The van der Waals surface area contributed by atoms with E-state index in [0.29, 0.717) is 6.42 Å². The quantitative estimate of drug-likeness (QED) is 0.135. The van der Waals surface area contributed by atoms with Gasteiger partial charge in [-0.2, -0.15) is 13.2 Å². The SMILES string of the molecule is CCCCCCCCCCOC(=O)CN(C(=O)C(F)(F)F)C(Cl)(Cl)P(=O)(O)O. The molecule has 7 nitrogen and oxygen atoms in total. The predicted octanol–water partition coefficient (Wildman–Crippen LogP) is 4.33. The van der Waals surface area contributed by atoms with Gasteiger partial charge in [0.2, 0.25) is 0 Å². The van der Waals surface area contributed by atoms with Crippen molar-refractivity contribution in [1.82, 2.24) is 4.90 Å². The van der Waals surface area contributed by atoms with E-state index in [1.165, 1.54) is 6.42 Å². The molecule has 0 aromatic carbocycles. The molecular formula is C15H25Cl2F3NO6P. The molecule has 0 saturated carbocycles. The Hall–Kier alpha value is -0.540. The van der Waals surface area contributed by atoms with Crippen LogP contribution in [0.5, 0.6) is 0 Å². The van der Waals surface area contributed by atoms with Gasteiger partial charge in [0.15, 0.2) is 0 Å². The number of halogens is 5. The summed E-state index contributed by atoms with van der Waals surface area (Å²) < 4.78 is 50.4. The lowest BCUT2D eigenvalue weighted by molar-refractivity contribution is -0.187. The molecule has 0 rings (SSSR count). The summed E-state index contributed by atoms with van der Waals surface area (Å²) in [6.07, 6.45) is 2.11. The summed E-state index contributed by atoms with van der Waals surface area (Å²) in [4.78, 5) is 40.5. The van der Waals surface area contributed by atoms with Crippen molar-refractivity contribution in [3.05, 3.63) is 0 Å². The molecule has 2 N–H and O–H groups in total. The molecule has 0 atom stereocenters. The Kier molecular flexibility index (Phi) is 12.0. The summed E-state index contributed by atoms with van der Waals surface area (Å²) in [5, 5.41) is 0. The third kappa shape index (κ3) is 9.78. The smallest absolute Gasteiger partial charge is 0.464 e. The first-order valence-corrected chi connectivity index (χ1v) is 11.1. The van der Waals surface area contributed by atoms with Gasteiger partial charge in [-0.25, -0.2) is 0 Å². The van der Waals surface area contributed by atoms with Crippen LogP contribution in [0.3, 0.4) is 0 Å². The van der Waals surface area contributed by atoms with Crippen LogP contribution < -0.4 is 0 Å². The molecule has 0 spiro atoms. The highest BCUT2D eigenvalue weighted by Gasteiger charge is 2.57. The number of hydrogen-bond acceptors (Lipinski definition) is 4. The number of carbonyl (C=O) groups excluding carboxylic acids is 2. The second-order valence-corrected chi connectivity index (χ2v) is 9.69. The number of carbonyl (C=O) groups is 2. The molecule has 1 amide bonds. The van der Waals surface area contributed by atoms with Gasteiger partial charge in [-0.05, 0) is 6.42 Å². The Morgan fingerprint density at radius 2 is 1.46 bits per heavy atom. The van der Waals surface area contributed by atoms with Gasteiger partial charge < -0.3 is 14.5 Å². The van der Waals surface area contributed by atoms with Gasteiger partial charge in [-0.15, -0.1) is 0 Å². The summed E-state index contributed by atoms with van der Waals surface area (Å²) in [6, 6.07) is 0. The van der Waals surface area contributed by atoms with Crippen molar-refractivity contribution in [2.75, 3.05) is 13.2 Å². The van der Waals surface area contributed by atoms with Gasteiger partial charge in [0.1, 0.15) is 6.54 Å². The lowest BCUT2D eigenvalue weighted by Crippen LogP contribution is -2.52. The number of rotatable bonds is 13. The van der Waals surface area contributed by atoms with E-state index in [1.807, 2.05) is 0 Å². The number of unbranched alkanes of at least 4 members (excludes halogenated alkanes) is 7. The highest BCUT2D eigenvalue weighted by atomic mass is 35.5. The van der Waals surface area contributed by atoms with Crippen molar-refractivity contribution >= 4 is 42.7 Å². The molecule has 0 aromatic rings. The summed E-state index contributed by atoms with van der Waals surface area (Å²) in [7, 11) is -5.63. The Bertz CT molecular complexity index is 556. The molecule has 28 heavy (non-hydrogen) atoms. The predicted molar refractivity (Wildman–Crippen MR) is 97.8 cm³/mol. The number of amides is 1. The fourth-order valence-electron chi connectivity index (χ4n) is 2.20. The van der Waals surface area contributed by atoms with Gasteiger partial charge >= 0.3 is 25.6 Å². The van der Waals surface area contributed by atoms with E-state index in [-0.39, 0.29) is 6.61 Å². The first-order chi connectivity index (χ1) is 12.7. The average Bonchev–Trinajstić information content (AvgIpc) is 2.55. The van der Waals surface area contributed by atoms with E-state index in [1.54, 1.807) is 0 Å². The zero-order valence-electron chi connectivity index (χ0n) is 15.4. The second kappa shape index (κ2) is 12.2. The van der Waals surface area contributed by atoms with Crippen LogP contribution in [0.15, 0.2) is 0 Å². The minimum absolute atomic E-state index is 0.116. The van der Waals surface area contributed by atoms with E-state index in [0.717, 1.165) is 38.5 Å². The van der Waals surface area contributed by atoms with Crippen molar-refractivity contribution in [3.8, 4) is 0 Å². The van der Waals surface area contributed by atoms with Gasteiger partial charge in [0.05, 0.1) is 6.61 Å². The van der Waals surface area contributed by atoms with Crippen LogP contribution in [-0.4, -0.2) is 50.1 Å². The van der Waals surface area contributed by atoms with Crippen LogP contribution in [-0.2, 0) is 18.9 Å². The normalized spacial score (nSPS) is 12.7. The molecule has 0 saturated heterocycles. The monoisotopic (exact) mass is 473 g/mol. The van der Waals surface area contributed by atoms with E-state index >= 15 is 0 Å². The Morgan fingerprint density at radius 1 is 1.00 bits per heavy atom. The third-order valence-electron chi connectivity index (χ3n) is 3.71. The zero-order valence-corrected chi connectivity index (χ0v) is 17.8. The van der Waals surface area contributed by atoms with Crippen molar-refractivity contribution < 1.29 is 41.8 Å². The molecule has 0 unspecified atom stereocenters. The van der Waals surface area contributed by atoms with Crippen LogP contribution in [0.4, 0.5) is 13.2 Å². The highest BCUT2D eigenvalue weighted by molar-refractivity contribution is 7.58. The Morgan fingerprint density at radius 3 is 1.89 bits per heavy atom. The first-order valence-electron chi connectivity index (χ1n) is 8.73. The molecule has 0 aromatic heterocycles. The Labute approximate surface area is 171 Å². The van der Waals surface area contributed by atoms with Gasteiger partial charge in [0.25, 0.3) is 4.20 Å². The van der Waals surface area contributed by atoms with Crippen molar-refractivity contribution in [3.63, 3.8) is 0 Å². The number of alkyl halides is 5. The van der Waals surface area contributed by atoms with E-state index < -0.39 is 41.3 Å². The molecular weight excluding hydrogens is 449 g/mol. The topological polar surface area (TPSA) is 104 Å². The maximum absolute atomic E-state index is 12.7. The molecule has 0 heterocycles. The van der Waals surface area contributed by atoms with Gasteiger partial charge in [0, 0.05) is 0 Å². The van der Waals surface area contributed by atoms with Gasteiger partial charge in [-0.3, -0.25) is 19.1 Å².